The highest BCUT2D eigenvalue weighted by Gasteiger charge is 2.38. The average Bonchev–Trinajstić information content (AvgIpc) is 2.83. The zero-order valence-electron chi connectivity index (χ0n) is 11.1. The van der Waals surface area contributed by atoms with E-state index < -0.39 is 17.7 Å². The molecule has 5 heteroatoms. The van der Waals surface area contributed by atoms with Gasteiger partial charge in [0, 0.05) is 19.0 Å². The Balaban J connectivity index is 2.28. The van der Waals surface area contributed by atoms with Gasteiger partial charge in [0.2, 0.25) is 0 Å². The van der Waals surface area contributed by atoms with Crippen LogP contribution in [0.1, 0.15) is 18.4 Å². The van der Waals surface area contributed by atoms with E-state index in [0.29, 0.717) is 13.1 Å². The Hall–Kier alpha value is -1.62. The summed E-state index contributed by atoms with van der Waals surface area (Å²) < 4.78 is 18.6. The summed E-state index contributed by atoms with van der Waals surface area (Å²) in [5.74, 6) is -1.73. The number of likely N-dealkylation sites (N-methyl/N-ethyl adjacent to an activating group) is 1. The topological polar surface area (TPSA) is 49.8 Å². The van der Waals surface area contributed by atoms with Crippen LogP contribution in [0.2, 0.25) is 0 Å². The van der Waals surface area contributed by atoms with E-state index in [0.717, 1.165) is 12.1 Å². The van der Waals surface area contributed by atoms with Crippen LogP contribution in [-0.2, 0) is 4.79 Å². The summed E-state index contributed by atoms with van der Waals surface area (Å²) in [5, 5.41) is 9.28. The van der Waals surface area contributed by atoms with Crippen molar-refractivity contribution in [1.29, 1.82) is 0 Å². The quantitative estimate of drug-likeness (QED) is 0.906. The van der Waals surface area contributed by atoms with Crippen LogP contribution in [0.25, 0.3) is 0 Å². The smallest absolute Gasteiger partial charge is 0.308 e. The van der Waals surface area contributed by atoms with Crippen LogP contribution in [0, 0.1) is 11.7 Å². The molecular weight excluding hydrogens is 249 g/mol. The van der Waals surface area contributed by atoms with Crippen LogP contribution in [0.15, 0.2) is 18.2 Å². The molecule has 0 saturated carbocycles. The maximum absolute atomic E-state index is 13.7. The van der Waals surface area contributed by atoms with Gasteiger partial charge in [0.1, 0.15) is 0 Å². The van der Waals surface area contributed by atoms with Crippen molar-refractivity contribution in [1.82, 2.24) is 4.90 Å². The number of hydrogen-bond donors (Lipinski definition) is 1. The van der Waals surface area contributed by atoms with Crippen molar-refractivity contribution in [3.8, 4) is 5.75 Å². The van der Waals surface area contributed by atoms with Crippen molar-refractivity contribution >= 4 is 5.97 Å². The molecule has 19 heavy (non-hydrogen) atoms. The van der Waals surface area contributed by atoms with E-state index in [1.54, 1.807) is 12.1 Å². The first kappa shape index (κ1) is 13.8. The second kappa shape index (κ2) is 5.57. The monoisotopic (exact) mass is 267 g/mol. The minimum atomic E-state index is -0.822. The summed E-state index contributed by atoms with van der Waals surface area (Å²) in [6, 6.07) is 4.69. The summed E-state index contributed by atoms with van der Waals surface area (Å²) in [7, 11) is 1.41. The lowest BCUT2D eigenvalue weighted by Gasteiger charge is -2.16. The van der Waals surface area contributed by atoms with Crippen molar-refractivity contribution in [2.24, 2.45) is 5.92 Å². The molecule has 0 aliphatic carbocycles. The maximum Gasteiger partial charge on any atom is 0.308 e. The fourth-order valence-corrected chi connectivity index (χ4v) is 2.64. The lowest BCUT2D eigenvalue weighted by Crippen LogP contribution is -2.23. The van der Waals surface area contributed by atoms with Crippen molar-refractivity contribution in [3.05, 3.63) is 29.6 Å². The zero-order chi connectivity index (χ0) is 14.0. The molecule has 1 aliphatic heterocycles. The summed E-state index contributed by atoms with van der Waals surface area (Å²) >= 11 is 0. The Bertz CT molecular complexity index is 478. The Morgan fingerprint density at radius 2 is 2.26 bits per heavy atom. The van der Waals surface area contributed by atoms with Gasteiger partial charge in [-0.25, -0.2) is 4.39 Å². The summed E-state index contributed by atoms with van der Waals surface area (Å²) in [6.07, 6.45) is 0. The van der Waals surface area contributed by atoms with Gasteiger partial charge in [0.05, 0.1) is 13.0 Å². The first-order chi connectivity index (χ1) is 9.06. The van der Waals surface area contributed by atoms with E-state index >= 15 is 0 Å². The van der Waals surface area contributed by atoms with Crippen LogP contribution in [0.4, 0.5) is 4.39 Å². The first-order valence-electron chi connectivity index (χ1n) is 6.35. The van der Waals surface area contributed by atoms with E-state index in [1.165, 1.54) is 13.2 Å². The number of ether oxygens (including phenoxy) is 1. The second-order valence-electron chi connectivity index (χ2n) is 4.80. The largest absolute Gasteiger partial charge is 0.494 e. The fourth-order valence-electron chi connectivity index (χ4n) is 2.64. The normalized spacial score (nSPS) is 23.5. The van der Waals surface area contributed by atoms with E-state index in [9.17, 15) is 14.3 Å². The summed E-state index contributed by atoms with van der Waals surface area (Å²) in [6.45, 7) is 3.97. The SMILES string of the molecule is CCN1CC(C(=O)O)C(c2ccc(OC)c(F)c2)C1. The highest BCUT2D eigenvalue weighted by Crippen LogP contribution is 2.34. The van der Waals surface area contributed by atoms with Crippen molar-refractivity contribution in [3.63, 3.8) is 0 Å². The number of aliphatic carboxylic acids is 1. The van der Waals surface area contributed by atoms with Crippen LogP contribution >= 0.6 is 0 Å². The lowest BCUT2D eigenvalue weighted by molar-refractivity contribution is -0.141. The molecule has 1 saturated heterocycles. The van der Waals surface area contributed by atoms with Crippen LogP contribution in [0.5, 0.6) is 5.75 Å². The Kier molecular flexibility index (Phi) is 4.04. The Labute approximate surface area is 111 Å². The van der Waals surface area contributed by atoms with Gasteiger partial charge in [0.25, 0.3) is 0 Å². The van der Waals surface area contributed by atoms with E-state index in [4.69, 9.17) is 4.74 Å². The molecule has 1 fully saturated rings. The van der Waals surface area contributed by atoms with E-state index in [-0.39, 0.29) is 11.7 Å². The van der Waals surface area contributed by atoms with Crippen LogP contribution in [0.3, 0.4) is 0 Å². The molecule has 1 N–H and O–H groups in total. The summed E-state index contributed by atoms with van der Waals surface area (Å²) in [5.41, 5.74) is 0.724. The molecule has 0 radical (unpaired) electrons. The van der Waals surface area contributed by atoms with Gasteiger partial charge < -0.3 is 14.7 Å². The molecule has 1 heterocycles. The molecule has 0 amide bonds. The molecule has 2 atom stereocenters. The Morgan fingerprint density at radius 3 is 2.79 bits per heavy atom. The van der Waals surface area contributed by atoms with Crippen LogP contribution in [-0.4, -0.2) is 42.7 Å². The van der Waals surface area contributed by atoms with Gasteiger partial charge in [-0.05, 0) is 24.2 Å². The number of carboxylic acids is 1. The number of rotatable bonds is 4. The standard InChI is InChI=1S/C14H18FNO3/c1-3-16-7-10(11(8-16)14(17)18)9-4-5-13(19-2)12(15)6-9/h4-6,10-11H,3,7-8H2,1-2H3,(H,17,18). The average molecular weight is 267 g/mol. The molecule has 0 aromatic heterocycles. The third-order valence-corrected chi connectivity index (χ3v) is 3.76. The molecule has 0 bridgehead atoms. The third kappa shape index (κ3) is 2.71. The van der Waals surface area contributed by atoms with Crippen molar-refractivity contribution < 1.29 is 19.0 Å². The summed E-state index contributed by atoms with van der Waals surface area (Å²) in [4.78, 5) is 13.4. The molecule has 0 spiro atoms. The number of hydrogen-bond acceptors (Lipinski definition) is 3. The van der Waals surface area contributed by atoms with E-state index in [2.05, 4.69) is 4.90 Å². The molecule has 2 unspecified atom stereocenters. The lowest BCUT2D eigenvalue weighted by atomic mass is 9.89. The molecular formula is C14H18FNO3. The van der Waals surface area contributed by atoms with Gasteiger partial charge in [0.15, 0.2) is 11.6 Å². The highest BCUT2D eigenvalue weighted by molar-refractivity contribution is 5.72. The van der Waals surface area contributed by atoms with Gasteiger partial charge in [-0.2, -0.15) is 0 Å². The third-order valence-electron chi connectivity index (χ3n) is 3.76. The molecule has 2 rings (SSSR count). The predicted molar refractivity (Wildman–Crippen MR) is 68.9 cm³/mol. The van der Waals surface area contributed by atoms with Gasteiger partial charge in [-0.15, -0.1) is 0 Å². The highest BCUT2D eigenvalue weighted by atomic mass is 19.1. The maximum atomic E-state index is 13.7. The zero-order valence-corrected chi connectivity index (χ0v) is 11.1. The molecule has 1 aromatic carbocycles. The molecule has 4 nitrogen and oxygen atoms in total. The number of benzene rings is 1. The number of carboxylic acid groups (broad SMARTS) is 1. The van der Waals surface area contributed by atoms with Crippen molar-refractivity contribution in [2.45, 2.75) is 12.8 Å². The van der Waals surface area contributed by atoms with Crippen LogP contribution < -0.4 is 4.74 Å². The predicted octanol–water partition coefficient (Wildman–Crippen LogP) is 1.95. The minimum Gasteiger partial charge on any atom is -0.494 e. The van der Waals surface area contributed by atoms with Gasteiger partial charge in [-0.1, -0.05) is 13.0 Å². The van der Waals surface area contributed by atoms with Gasteiger partial charge >= 0.3 is 5.97 Å². The van der Waals surface area contributed by atoms with E-state index in [1.807, 2.05) is 6.92 Å². The van der Waals surface area contributed by atoms with Gasteiger partial charge in [-0.3, -0.25) is 4.79 Å². The molecule has 1 aromatic rings. The Morgan fingerprint density at radius 1 is 1.53 bits per heavy atom. The number of carbonyl (C=O) groups is 1. The van der Waals surface area contributed by atoms with Crippen molar-refractivity contribution in [2.75, 3.05) is 26.7 Å². The minimum absolute atomic E-state index is 0.169. The number of likely N-dealkylation sites (tertiary alicyclic amines) is 1. The number of halogens is 1. The number of methoxy groups -OCH3 is 1. The first-order valence-corrected chi connectivity index (χ1v) is 6.35. The second-order valence-corrected chi connectivity index (χ2v) is 4.80. The molecule has 104 valence electrons. The fraction of sp³-hybridized carbons (Fsp3) is 0.500. The number of nitrogens with zero attached hydrogens (tertiary/aromatic N) is 1. The molecule has 1 aliphatic rings.